The van der Waals surface area contributed by atoms with E-state index in [4.69, 9.17) is 4.74 Å². The number of fused-ring (bicyclic) bond motifs is 2. The molecule has 0 radical (unpaired) electrons. The van der Waals surface area contributed by atoms with Crippen molar-refractivity contribution in [2.45, 2.75) is 57.5 Å². The van der Waals surface area contributed by atoms with Crippen molar-refractivity contribution < 1.29 is 9.53 Å². The van der Waals surface area contributed by atoms with Gasteiger partial charge in [0.05, 0.1) is 12.7 Å². The van der Waals surface area contributed by atoms with Crippen LogP contribution in [0.25, 0.3) is 0 Å². The largest absolute Gasteiger partial charge is 0.378 e. The van der Waals surface area contributed by atoms with Crippen LogP contribution in [0.4, 0.5) is 0 Å². The van der Waals surface area contributed by atoms with Crippen LogP contribution in [-0.4, -0.2) is 18.5 Å². The van der Waals surface area contributed by atoms with E-state index in [-0.39, 0.29) is 0 Å². The number of rotatable bonds is 3. The lowest BCUT2D eigenvalue weighted by Gasteiger charge is -2.26. The second-order valence-electron chi connectivity index (χ2n) is 6.01. The average Bonchev–Trinajstić information content (AvgIpc) is 2.90. The van der Waals surface area contributed by atoms with Gasteiger partial charge >= 0.3 is 0 Å². The van der Waals surface area contributed by atoms with E-state index in [2.05, 4.69) is 0 Å². The first-order valence-electron chi connectivity index (χ1n) is 6.94. The summed E-state index contributed by atoms with van der Waals surface area (Å²) < 4.78 is 6.02. The molecule has 0 heterocycles. The Balaban J connectivity index is 1.41. The van der Waals surface area contributed by atoms with Gasteiger partial charge in [0.2, 0.25) is 0 Å². The SMILES string of the molecule is O=C1CCC(OCC2CC3CCC2C3)CC1. The standard InChI is InChI=1S/C14H22O2/c15-13-3-5-14(6-4-13)16-9-12-8-10-1-2-11(12)7-10/h10-12,14H,1-9H2. The van der Waals surface area contributed by atoms with Crippen molar-refractivity contribution in [1.82, 2.24) is 0 Å². The third-order valence-electron chi connectivity index (χ3n) is 4.92. The fourth-order valence-electron chi connectivity index (χ4n) is 3.92. The Labute approximate surface area is 97.7 Å². The molecule has 0 N–H and O–H groups in total. The summed E-state index contributed by atoms with van der Waals surface area (Å²) in [5.41, 5.74) is 0. The highest BCUT2D eigenvalue weighted by Crippen LogP contribution is 2.48. The molecule has 3 rings (SSSR count). The van der Waals surface area contributed by atoms with E-state index in [0.717, 1.165) is 50.0 Å². The summed E-state index contributed by atoms with van der Waals surface area (Å²) in [6, 6.07) is 0. The monoisotopic (exact) mass is 222 g/mol. The van der Waals surface area contributed by atoms with Crippen molar-refractivity contribution in [3.05, 3.63) is 0 Å². The number of Topliss-reactive ketones (excluding diaryl/α,β-unsaturated/α-hetero) is 1. The van der Waals surface area contributed by atoms with Gasteiger partial charge in [-0.05, 0) is 49.9 Å². The summed E-state index contributed by atoms with van der Waals surface area (Å²) in [6.07, 6.45) is 9.63. The van der Waals surface area contributed by atoms with E-state index < -0.39 is 0 Å². The molecular weight excluding hydrogens is 200 g/mol. The minimum Gasteiger partial charge on any atom is -0.378 e. The lowest BCUT2D eigenvalue weighted by molar-refractivity contribution is -0.123. The van der Waals surface area contributed by atoms with Crippen molar-refractivity contribution in [2.24, 2.45) is 17.8 Å². The zero-order valence-corrected chi connectivity index (χ0v) is 9.99. The van der Waals surface area contributed by atoms with Crippen LogP contribution in [0.5, 0.6) is 0 Å². The lowest BCUT2D eigenvalue weighted by atomic mass is 9.89. The fourth-order valence-corrected chi connectivity index (χ4v) is 3.92. The maximum atomic E-state index is 11.1. The van der Waals surface area contributed by atoms with Crippen LogP contribution in [0.2, 0.25) is 0 Å². The van der Waals surface area contributed by atoms with Crippen LogP contribution in [-0.2, 0) is 9.53 Å². The van der Waals surface area contributed by atoms with Crippen molar-refractivity contribution in [2.75, 3.05) is 6.61 Å². The average molecular weight is 222 g/mol. The Kier molecular flexibility index (Phi) is 3.01. The van der Waals surface area contributed by atoms with Gasteiger partial charge in [0.15, 0.2) is 0 Å². The third kappa shape index (κ3) is 2.17. The quantitative estimate of drug-likeness (QED) is 0.734. The predicted molar refractivity (Wildman–Crippen MR) is 62.2 cm³/mol. The van der Waals surface area contributed by atoms with Crippen LogP contribution < -0.4 is 0 Å². The molecule has 2 nitrogen and oxygen atoms in total. The first kappa shape index (κ1) is 10.8. The number of carbonyl (C=O) groups excluding carboxylic acids is 1. The molecule has 3 fully saturated rings. The zero-order chi connectivity index (χ0) is 11.0. The Morgan fingerprint density at radius 3 is 2.50 bits per heavy atom. The minimum atomic E-state index is 0.386. The summed E-state index contributed by atoms with van der Waals surface area (Å²) in [5, 5.41) is 0. The lowest BCUT2D eigenvalue weighted by Crippen LogP contribution is -2.25. The molecule has 2 bridgehead atoms. The molecule has 3 atom stereocenters. The molecular formula is C14H22O2. The van der Waals surface area contributed by atoms with Gasteiger partial charge in [0.1, 0.15) is 5.78 Å². The molecule has 0 aromatic heterocycles. The zero-order valence-electron chi connectivity index (χ0n) is 9.99. The number of ether oxygens (including phenoxy) is 1. The number of hydrogen-bond acceptors (Lipinski definition) is 2. The van der Waals surface area contributed by atoms with Crippen molar-refractivity contribution >= 4 is 5.78 Å². The molecule has 3 aliphatic rings. The highest BCUT2D eigenvalue weighted by molar-refractivity contribution is 5.79. The van der Waals surface area contributed by atoms with Crippen LogP contribution in [0.1, 0.15) is 51.4 Å². The number of carbonyl (C=O) groups is 1. The molecule has 0 aliphatic heterocycles. The second-order valence-corrected chi connectivity index (χ2v) is 6.01. The molecule has 2 heteroatoms. The third-order valence-corrected chi connectivity index (χ3v) is 4.92. The van der Waals surface area contributed by atoms with E-state index in [1.807, 2.05) is 0 Å². The minimum absolute atomic E-state index is 0.386. The molecule has 90 valence electrons. The van der Waals surface area contributed by atoms with Gasteiger partial charge in [-0.2, -0.15) is 0 Å². The Bertz CT molecular complexity index is 264. The maximum Gasteiger partial charge on any atom is 0.133 e. The Hall–Kier alpha value is -0.370. The second kappa shape index (κ2) is 4.48. The van der Waals surface area contributed by atoms with Gasteiger partial charge < -0.3 is 4.74 Å². The van der Waals surface area contributed by atoms with Gasteiger partial charge in [-0.1, -0.05) is 6.42 Å². The molecule has 16 heavy (non-hydrogen) atoms. The normalized spacial score (nSPS) is 39.5. The van der Waals surface area contributed by atoms with Gasteiger partial charge in [0.25, 0.3) is 0 Å². The van der Waals surface area contributed by atoms with Crippen LogP contribution in [0.15, 0.2) is 0 Å². The van der Waals surface area contributed by atoms with Crippen molar-refractivity contribution in [1.29, 1.82) is 0 Å². The topological polar surface area (TPSA) is 26.3 Å². The summed E-state index contributed by atoms with van der Waals surface area (Å²) in [6.45, 7) is 0.972. The van der Waals surface area contributed by atoms with Crippen LogP contribution in [0, 0.1) is 17.8 Å². The highest BCUT2D eigenvalue weighted by atomic mass is 16.5. The van der Waals surface area contributed by atoms with E-state index in [1.54, 1.807) is 0 Å². The summed E-state index contributed by atoms with van der Waals surface area (Å²) >= 11 is 0. The van der Waals surface area contributed by atoms with Gasteiger partial charge in [-0.15, -0.1) is 0 Å². The molecule has 0 amide bonds. The molecule has 0 saturated heterocycles. The summed E-state index contributed by atoms with van der Waals surface area (Å²) in [5.74, 6) is 3.26. The van der Waals surface area contributed by atoms with Gasteiger partial charge in [0, 0.05) is 12.8 Å². The van der Waals surface area contributed by atoms with Crippen LogP contribution in [0.3, 0.4) is 0 Å². The number of ketones is 1. The van der Waals surface area contributed by atoms with E-state index in [9.17, 15) is 4.79 Å². The maximum absolute atomic E-state index is 11.1. The van der Waals surface area contributed by atoms with Crippen molar-refractivity contribution in [3.8, 4) is 0 Å². The van der Waals surface area contributed by atoms with E-state index in [0.29, 0.717) is 11.9 Å². The first-order chi connectivity index (χ1) is 7.81. The number of hydrogen-bond donors (Lipinski definition) is 0. The van der Waals surface area contributed by atoms with Crippen molar-refractivity contribution in [3.63, 3.8) is 0 Å². The van der Waals surface area contributed by atoms with E-state index >= 15 is 0 Å². The molecule has 3 unspecified atom stereocenters. The molecule has 0 spiro atoms. The van der Waals surface area contributed by atoms with Gasteiger partial charge in [-0.25, -0.2) is 0 Å². The van der Waals surface area contributed by atoms with Gasteiger partial charge in [-0.3, -0.25) is 4.79 Å². The Morgan fingerprint density at radius 1 is 1.06 bits per heavy atom. The first-order valence-corrected chi connectivity index (χ1v) is 6.94. The van der Waals surface area contributed by atoms with Crippen LogP contribution >= 0.6 is 0 Å². The Morgan fingerprint density at radius 2 is 1.88 bits per heavy atom. The fraction of sp³-hybridized carbons (Fsp3) is 0.929. The summed E-state index contributed by atoms with van der Waals surface area (Å²) in [4.78, 5) is 11.1. The smallest absolute Gasteiger partial charge is 0.133 e. The molecule has 0 aromatic rings. The molecule has 0 aromatic carbocycles. The molecule has 3 saturated carbocycles. The highest BCUT2D eigenvalue weighted by Gasteiger charge is 2.39. The predicted octanol–water partition coefficient (Wildman–Crippen LogP) is 2.95. The summed E-state index contributed by atoms with van der Waals surface area (Å²) in [7, 11) is 0. The molecule has 3 aliphatic carbocycles. The van der Waals surface area contributed by atoms with E-state index in [1.165, 1.54) is 25.7 Å².